The molecule has 0 aliphatic rings. The number of rotatable bonds is 12. The van der Waals surface area contributed by atoms with Gasteiger partial charge in [-0.15, -0.1) is 0 Å². The normalized spacial score (nSPS) is 11.9. The Bertz CT molecular complexity index is 1090. The minimum Gasteiger partial charge on any atom is -0.461 e. The molecule has 0 aliphatic heterocycles. The fourth-order valence-electron chi connectivity index (χ4n) is 3.16. The van der Waals surface area contributed by atoms with E-state index in [-0.39, 0.29) is 30.1 Å². The van der Waals surface area contributed by atoms with Crippen LogP contribution in [0.15, 0.2) is 84.8 Å². The summed E-state index contributed by atoms with van der Waals surface area (Å²) >= 11 is 0. The van der Waals surface area contributed by atoms with Crippen molar-refractivity contribution in [2.24, 2.45) is 11.1 Å². The van der Waals surface area contributed by atoms with Crippen molar-refractivity contribution in [2.75, 3.05) is 13.2 Å². The summed E-state index contributed by atoms with van der Waals surface area (Å²) in [5, 5.41) is 5.10. The Morgan fingerprint density at radius 1 is 0.879 bits per heavy atom. The van der Waals surface area contributed by atoms with Crippen LogP contribution in [0, 0.1) is 5.92 Å². The molecule has 0 amide bonds. The number of benzene rings is 2. The second kappa shape index (κ2) is 11.9. The van der Waals surface area contributed by atoms with Gasteiger partial charge in [0, 0.05) is 17.9 Å². The van der Waals surface area contributed by atoms with Crippen molar-refractivity contribution in [1.82, 2.24) is 0 Å². The van der Waals surface area contributed by atoms with Gasteiger partial charge in [0.1, 0.15) is 13.2 Å². The Morgan fingerprint density at radius 3 is 1.85 bits per heavy atom. The standard InChI is InChI=1S/C24H25NO7S/c1-3-14-31-23(27)22(24(28)32-15-4-2)20(17-8-6-5-7-9-17)16-21(26)18-10-12-19(13-11-18)33(25,29)30/h3-13,20,22H,1-2,14-16H2,(H2,25,29,30). The topological polar surface area (TPSA) is 130 Å². The third-order valence-corrected chi connectivity index (χ3v) is 5.66. The Hall–Kier alpha value is -3.56. The van der Waals surface area contributed by atoms with E-state index in [9.17, 15) is 22.8 Å². The molecule has 9 heteroatoms. The Kier molecular flexibility index (Phi) is 9.26. The highest BCUT2D eigenvalue weighted by Crippen LogP contribution is 2.32. The first-order valence-electron chi connectivity index (χ1n) is 9.95. The number of nitrogens with two attached hydrogens (primary N) is 1. The molecule has 0 aliphatic carbocycles. The van der Waals surface area contributed by atoms with Crippen molar-refractivity contribution < 1.29 is 32.3 Å². The Labute approximate surface area is 192 Å². The molecule has 1 unspecified atom stereocenters. The number of ether oxygens (including phenoxy) is 2. The molecule has 0 saturated carbocycles. The highest BCUT2D eigenvalue weighted by molar-refractivity contribution is 7.89. The molecule has 0 fully saturated rings. The number of carbonyl (C=O) groups is 3. The highest BCUT2D eigenvalue weighted by atomic mass is 32.2. The van der Waals surface area contributed by atoms with Crippen LogP contribution in [0.1, 0.15) is 28.3 Å². The zero-order valence-corrected chi connectivity index (χ0v) is 18.7. The molecule has 2 aromatic carbocycles. The van der Waals surface area contributed by atoms with E-state index in [1.54, 1.807) is 30.3 Å². The number of hydrogen-bond donors (Lipinski definition) is 1. The maximum absolute atomic E-state index is 13.0. The molecule has 2 N–H and O–H groups in total. The summed E-state index contributed by atoms with van der Waals surface area (Å²) < 4.78 is 33.2. The zero-order valence-electron chi connectivity index (χ0n) is 17.9. The van der Waals surface area contributed by atoms with E-state index >= 15 is 0 Å². The fourth-order valence-corrected chi connectivity index (χ4v) is 3.68. The van der Waals surface area contributed by atoms with Gasteiger partial charge < -0.3 is 9.47 Å². The van der Waals surface area contributed by atoms with Crippen LogP contribution in [0.4, 0.5) is 0 Å². The van der Waals surface area contributed by atoms with Gasteiger partial charge in [-0.25, -0.2) is 13.6 Å². The average molecular weight is 472 g/mol. The summed E-state index contributed by atoms with van der Waals surface area (Å²) in [5.41, 5.74) is 0.754. The van der Waals surface area contributed by atoms with Crippen LogP contribution in [0.25, 0.3) is 0 Å². The monoisotopic (exact) mass is 471 g/mol. The molecule has 8 nitrogen and oxygen atoms in total. The van der Waals surface area contributed by atoms with E-state index in [2.05, 4.69) is 13.2 Å². The molecule has 1 atom stereocenters. The van der Waals surface area contributed by atoms with Gasteiger partial charge in [-0.1, -0.05) is 67.8 Å². The lowest BCUT2D eigenvalue weighted by Gasteiger charge is -2.24. The van der Waals surface area contributed by atoms with Crippen molar-refractivity contribution in [1.29, 1.82) is 0 Å². The number of primary sulfonamides is 1. The van der Waals surface area contributed by atoms with Crippen LogP contribution in [0.2, 0.25) is 0 Å². The van der Waals surface area contributed by atoms with E-state index in [1.165, 1.54) is 36.4 Å². The number of esters is 2. The summed E-state index contributed by atoms with van der Waals surface area (Å²) in [6, 6.07) is 13.7. The molecular formula is C24H25NO7S. The van der Waals surface area contributed by atoms with E-state index in [0.29, 0.717) is 5.56 Å². The minimum atomic E-state index is -3.91. The Morgan fingerprint density at radius 2 is 1.39 bits per heavy atom. The number of hydrogen-bond acceptors (Lipinski definition) is 7. The van der Waals surface area contributed by atoms with Gasteiger partial charge in [0.2, 0.25) is 10.0 Å². The Balaban J connectivity index is 2.43. The first-order chi connectivity index (χ1) is 15.7. The van der Waals surface area contributed by atoms with Gasteiger partial charge in [0.05, 0.1) is 4.90 Å². The first kappa shape index (κ1) is 25.7. The van der Waals surface area contributed by atoms with Crippen molar-refractivity contribution in [3.63, 3.8) is 0 Å². The van der Waals surface area contributed by atoms with Crippen molar-refractivity contribution in [3.05, 3.63) is 91.0 Å². The van der Waals surface area contributed by atoms with Gasteiger partial charge in [0.15, 0.2) is 11.7 Å². The summed E-state index contributed by atoms with van der Waals surface area (Å²) in [6.07, 6.45) is 2.48. The van der Waals surface area contributed by atoms with Crippen molar-refractivity contribution >= 4 is 27.7 Å². The van der Waals surface area contributed by atoms with Crippen molar-refractivity contribution in [3.8, 4) is 0 Å². The molecule has 0 spiro atoms. The summed E-state index contributed by atoms with van der Waals surface area (Å²) in [5.74, 6) is -4.43. The van der Waals surface area contributed by atoms with Crippen LogP contribution in [-0.2, 0) is 29.1 Å². The van der Waals surface area contributed by atoms with Crippen LogP contribution >= 0.6 is 0 Å². The molecule has 2 aromatic rings. The van der Waals surface area contributed by atoms with E-state index < -0.39 is 39.6 Å². The average Bonchev–Trinajstić information content (AvgIpc) is 2.80. The predicted molar refractivity (Wildman–Crippen MR) is 122 cm³/mol. The minimum absolute atomic E-state index is 0.117. The smallest absolute Gasteiger partial charge is 0.321 e. The number of carbonyl (C=O) groups excluding carboxylic acids is 3. The van der Waals surface area contributed by atoms with Gasteiger partial charge in [-0.3, -0.25) is 14.4 Å². The van der Waals surface area contributed by atoms with E-state index in [1.807, 2.05) is 0 Å². The maximum atomic E-state index is 13.0. The van der Waals surface area contributed by atoms with Crippen LogP contribution in [0.3, 0.4) is 0 Å². The third-order valence-electron chi connectivity index (χ3n) is 4.73. The lowest BCUT2D eigenvalue weighted by molar-refractivity contribution is -0.162. The molecule has 2 rings (SSSR count). The zero-order chi connectivity index (χ0) is 24.4. The summed E-state index contributed by atoms with van der Waals surface area (Å²) in [6.45, 7) is 6.75. The molecule has 0 saturated heterocycles. The summed E-state index contributed by atoms with van der Waals surface area (Å²) in [4.78, 5) is 38.5. The molecular weight excluding hydrogens is 446 g/mol. The number of ketones is 1. The maximum Gasteiger partial charge on any atom is 0.321 e. The van der Waals surface area contributed by atoms with Crippen molar-refractivity contribution in [2.45, 2.75) is 17.2 Å². The molecule has 0 radical (unpaired) electrons. The van der Waals surface area contributed by atoms with Gasteiger partial charge in [-0.05, 0) is 17.7 Å². The highest BCUT2D eigenvalue weighted by Gasteiger charge is 2.39. The quantitative estimate of drug-likeness (QED) is 0.218. The largest absolute Gasteiger partial charge is 0.461 e. The molecule has 0 aromatic heterocycles. The summed E-state index contributed by atoms with van der Waals surface area (Å²) in [7, 11) is -3.91. The third kappa shape index (κ3) is 7.23. The number of Topliss-reactive ketones (excluding diaryl/α,β-unsaturated/α-hetero) is 1. The second-order valence-electron chi connectivity index (χ2n) is 7.03. The van der Waals surface area contributed by atoms with Gasteiger partial charge >= 0.3 is 11.9 Å². The van der Waals surface area contributed by atoms with E-state index in [0.717, 1.165) is 0 Å². The predicted octanol–water partition coefficient (Wildman–Crippen LogP) is 2.77. The molecule has 33 heavy (non-hydrogen) atoms. The van der Waals surface area contributed by atoms with Gasteiger partial charge in [0.25, 0.3) is 0 Å². The van der Waals surface area contributed by atoms with E-state index in [4.69, 9.17) is 14.6 Å². The van der Waals surface area contributed by atoms with Gasteiger partial charge in [-0.2, -0.15) is 0 Å². The van der Waals surface area contributed by atoms with Crippen LogP contribution < -0.4 is 5.14 Å². The number of sulfonamides is 1. The van der Waals surface area contributed by atoms with Crippen LogP contribution in [-0.4, -0.2) is 39.4 Å². The second-order valence-corrected chi connectivity index (χ2v) is 8.59. The SMILES string of the molecule is C=CCOC(=O)C(C(=O)OCC=C)C(CC(=O)c1ccc(S(N)(=O)=O)cc1)c1ccccc1. The lowest BCUT2D eigenvalue weighted by atomic mass is 9.81. The lowest BCUT2D eigenvalue weighted by Crippen LogP contribution is -2.34. The molecule has 174 valence electrons. The van der Waals surface area contributed by atoms with Crippen LogP contribution in [0.5, 0.6) is 0 Å². The molecule has 0 bridgehead atoms. The fraction of sp³-hybridized carbons (Fsp3) is 0.208. The first-order valence-corrected chi connectivity index (χ1v) is 11.5. The molecule has 0 heterocycles.